The molecule has 0 aliphatic carbocycles. The Morgan fingerprint density at radius 1 is 1.15 bits per heavy atom. The van der Waals surface area contributed by atoms with E-state index in [0.29, 0.717) is 25.1 Å². The van der Waals surface area contributed by atoms with Crippen LogP contribution in [-0.2, 0) is 16.0 Å². The number of carbonyl (C=O) groups is 2. The van der Waals surface area contributed by atoms with Crippen LogP contribution in [0.4, 0.5) is 10.1 Å². The first-order valence-electron chi connectivity index (χ1n) is 10.7. The number of hydrogen-bond acceptors (Lipinski definition) is 6. The van der Waals surface area contributed by atoms with E-state index in [1.54, 1.807) is 19.1 Å². The van der Waals surface area contributed by atoms with Crippen LogP contribution in [0.1, 0.15) is 36.2 Å². The minimum Gasteiger partial charge on any atom is -0.595 e. The molecule has 0 fully saturated rings. The molecule has 7 nitrogen and oxygen atoms in total. The van der Waals surface area contributed by atoms with Gasteiger partial charge in [-0.05, 0) is 53.9 Å². The first-order chi connectivity index (χ1) is 16.3. The molecule has 3 aromatic rings. The summed E-state index contributed by atoms with van der Waals surface area (Å²) in [4.78, 5) is 35.4. The van der Waals surface area contributed by atoms with Gasteiger partial charge in [-0.2, -0.15) is 0 Å². The third-order valence-corrected chi connectivity index (χ3v) is 5.79. The molecule has 34 heavy (non-hydrogen) atoms. The summed E-state index contributed by atoms with van der Waals surface area (Å²) in [6.07, 6.45) is 1.00. The second kappa shape index (κ2) is 11.6. The molecule has 3 rings (SSSR count). The molecular formula is C25H25FNO6P. The summed E-state index contributed by atoms with van der Waals surface area (Å²) in [5, 5.41) is 13.6. The number of hydrogen-bond donors (Lipinski definition) is 2. The second-order valence-corrected chi connectivity index (χ2v) is 8.76. The van der Waals surface area contributed by atoms with Gasteiger partial charge in [-0.25, -0.2) is 14.0 Å². The van der Waals surface area contributed by atoms with Crippen LogP contribution in [0.25, 0.3) is 10.8 Å². The Kier molecular flexibility index (Phi) is 8.57. The first-order valence-corrected chi connectivity index (χ1v) is 12.0. The SMILES string of the molecule is CCCOC(=O)[C@H](C)Nc1ccc(O/[P+]([O-])=C/Cc2ccc3ccc(C(=O)O)cc3c2)c(F)c1. The second-order valence-electron chi connectivity index (χ2n) is 7.64. The van der Waals surface area contributed by atoms with E-state index >= 15 is 0 Å². The first kappa shape index (κ1) is 25.1. The number of aromatic carboxylic acids is 1. The van der Waals surface area contributed by atoms with Crippen LogP contribution in [0.5, 0.6) is 5.75 Å². The molecule has 0 radical (unpaired) electrons. The molecule has 0 saturated carbocycles. The number of esters is 1. The van der Waals surface area contributed by atoms with E-state index in [0.717, 1.165) is 22.4 Å². The smallest absolute Gasteiger partial charge is 0.335 e. The number of fused-ring (bicyclic) bond motifs is 1. The number of benzene rings is 3. The van der Waals surface area contributed by atoms with Crippen molar-refractivity contribution in [2.75, 3.05) is 11.9 Å². The number of nitrogens with one attached hydrogen (secondary N) is 1. The Morgan fingerprint density at radius 3 is 2.62 bits per heavy atom. The molecule has 0 aliphatic heterocycles. The van der Waals surface area contributed by atoms with Crippen LogP contribution < -0.4 is 14.7 Å². The Balaban J connectivity index is 1.63. The molecule has 1 unspecified atom stereocenters. The maximum absolute atomic E-state index is 14.4. The summed E-state index contributed by atoms with van der Waals surface area (Å²) in [5.41, 5.74) is 1.36. The van der Waals surface area contributed by atoms with Crippen molar-refractivity contribution in [3.8, 4) is 5.75 Å². The quantitative estimate of drug-likeness (QED) is 0.321. The van der Waals surface area contributed by atoms with Crippen molar-refractivity contribution in [3.63, 3.8) is 0 Å². The highest BCUT2D eigenvalue weighted by Crippen LogP contribution is 2.28. The molecule has 2 atom stereocenters. The zero-order valence-electron chi connectivity index (χ0n) is 18.8. The lowest BCUT2D eigenvalue weighted by Crippen LogP contribution is -2.28. The Bertz CT molecular complexity index is 1230. The minimum atomic E-state index is -2.30. The highest BCUT2D eigenvalue weighted by atomic mass is 31.1. The largest absolute Gasteiger partial charge is 0.595 e. The van der Waals surface area contributed by atoms with Gasteiger partial charge in [0.05, 0.1) is 12.2 Å². The summed E-state index contributed by atoms with van der Waals surface area (Å²) < 4.78 is 24.7. The molecular weight excluding hydrogens is 460 g/mol. The van der Waals surface area contributed by atoms with Crippen molar-refractivity contribution < 1.29 is 33.2 Å². The molecule has 0 aliphatic rings. The summed E-state index contributed by atoms with van der Waals surface area (Å²) in [6.45, 7) is 3.82. The Labute approximate surface area is 197 Å². The van der Waals surface area contributed by atoms with Crippen molar-refractivity contribution >= 4 is 42.2 Å². The monoisotopic (exact) mass is 485 g/mol. The van der Waals surface area contributed by atoms with Crippen LogP contribution in [-0.4, -0.2) is 35.5 Å². The normalized spacial score (nSPS) is 12.3. The van der Waals surface area contributed by atoms with Crippen molar-refractivity contribution in [2.24, 2.45) is 0 Å². The number of carboxylic acid groups (broad SMARTS) is 1. The lowest BCUT2D eigenvalue weighted by Gasteiger charge is -2.14. The van der Waals surface area contributed by atoms with E-state index in [1.807, 2.05) is 25.1 Å². The molecule has 0 bridgehead atoms. The van der Waals surface area contributed by atoms with Crippen LogP contribution in [0.3, 0.4) is 0 Å². The molecule has 2 N–H and O–H groups in total. The van der Waals surface area contributed by atoms with E-state index in [9.17, 15) is 18.9 Å². The molecule has 0 spiro atoms. The van der Waals surface area contributed by atoms with E-state index in [4.69, 9.17) is 14.4 Å². The van der Waals surface area contributed by atoms with E-state index in [1.165, 1.54) is 24.0 Å². The lowest BCUT2D eigenvalue weighted by atomic mass is 10.0. The van der Waals surface area contributed by atoms with E-state index < -0.39 is 31.8 Å². The summed E-state index contributed by atoms with van der Waals surface area (Å²) in [7, 11) is -2.30. The predicted octanol–water partition coefficient (Wildman–Crippen LogP) is 4.53. The average Bonchev–Trinajstić information content (AvgIpc) is 2.82. The fraction of sp³-hybridized carbons (Fsp3) is 0.240. The predicted molar refractivity (Wildman–Crippen MR) is 129 cm³/mol. The van der Waals surface area contributed by atoms with Crippen molar-refractivity contribution in [2.45, 2.75) is 32.7 Å². The fourth-order valence-corrected chi connectivity index (χ4v) is 3.95. The maximum Gasteiger partial charge on any atom is 0.335 e. The molecule has 0 amide bonds. The summed E-state index contributed by atoms with van der Waals surface area (Å²) >= 11 is 0. The number of carbonyl (C=O) groups excluding carboxylic acids is 1. The van der Waals surface area contributed by atoms with E-state index in [-0.39, 0.29) is 11.3 Å². The van der Waals surface area contributed by atoms with Crippen LogP contribution in [0.15, 0.2) is 54.6 Å². The van der Waals surface area contributed by atoms with Gasteiger partial charge in [-0.15, -0.1) is 0 Å². The van der Waals surface area contributed by atoms with Crippen molar-refractivity contribution in [1.82, 2.24) is 0 Å². The highest BCUT2D eigenvalue weighted by molar-refractivity contribution is 7.45. The minimum absolute atomic E-state index is 0.172. The van der Waals surface area contributed by atoms with E-state index in [2.05, 4.69) is 5.32 Å². The molecule has 9 heteroatoms. The molecule has 3 aromatic carbocycles. The number of ether oxygens (including phenoxy) is 1. The van der Waals surface area contributed by atoms with Crippen molar-refractivity contribution in [3.05, 3.63) is 71.5 Å². The van der Waals surface area contributed by atoms with Gasteiger partial charge < -0.3 is 20.1 Å². The fourth-order valence-electron chi connectivity index (χ4n) is 3.17. The topological polar surface area (TPSA) is 108 Å². The maximum atomic E-state index is 14.4. The van der Waals surface area contributed by atoms with Gasteiger partial charge in [-0.1, -0.05) is 31.2 Å². The number of halogens is 1. The molecule has 0 aromatic heterocycles. The number of anilines is 1. The van der Waals surface area contributed by atoms with Gasteiger partial charge >= 0.3 is 11.9 Å². The van der Waals surface area contributed by atoms with Gasteiger partial charge in [0.15, 0.2) is 5.82 Å². The van der Waals surface area contributed by atoms with Crippen LogP contribution in [0.2, 0.25) is 0 Å². The van der Waals surface area contributed by atoms with Gasteiger partial charge in [0.1, 0.15) is 11.8 Å². The lowest BCUT2D eigenvalue weighted by molar-refractivity contribution is -0.165. The molecule has 0 heterocycles. The Hall–Kier alpha value is -3.48. The summed E-state index contributed by atoms with van der Waals surface area (Å²) in [6, 6.07) is 13.7. The van der Waals surface area contributed by atoms with Crippen molar-refractivity contribution in [1.29, 1.82) is 0 Å². The standard InChI is InChI=1S/C25H25FNO6P/c1-3-11-32-25(30)16(2)27-21-8-9-23(22(26)15-21)33-34(31)12-10-17-4-5-18-6-7-19(24(28)29)14-20(18)13-17/h4-9,12-16,27H,3,10-11H2,1-2H3,(H,28,29)/t16-/m0/s1. The zero-order valence-corrected chi connectivity index (χ0v) is 19.7. The zero-order chi connectivity index (χ0) is 24.7. The third-order valence-electron chi connectivity index (χ3n) is 4.93. The number of carboxylic acids is 1. The van der Waals surface area contributed by atoms with Crippen LogP contribution >= 0.6 is 8.00 Å². The van der Waals surface area contributed by atoms with Gasteiger partial charge in [0.25, 0.3) is 8.00 Å². The summed E-state index contributed by atoms with van der Waals surface area (Å²) in [5.74, 6) is -0.913. The molecule has 0 saturated heterocycles. The number of rotatable bonds is 10. The third kappa shape index (κ3) is 6.76. The average molecular weight is 485 g/mol. The van der Waals surface area contributed by atoms with Crippen LogP contribution in [0, 0.1) is 5.82 Å². The Morgan fingerprint density at radius 2 is 1.91 bits per heavy atom. The van der Waals surface area contributed by atoms with Gasteiger partial charge in [-0.3, -0.25) is 4.52 Å². The van der Waals surface area contributed by atoms with Gasteiger partial charge in [0, 0.05) is 18.2 Å². The molecule has 178 valence electrons. The van der Waals surface area contributed by atoms with Gasteiger partial charge in [0.2, 0.25) is 5.75 Å². The highest BCUT2D eigenvalue weighted by Gasteiger charge is 2.16.